The van der Waals surface area contributed by atoms with Gasteiger partial charge in [-0.15, -0.1) is 0 Å². The van der Waals surface area contributed by atoms with Crippen molar-refractivity contribution in [2.24, 2.45) is 0 Å². The van der Waals surface area contributed by atoms with Gasteiger partial charge in [-0.05, 0) is 11.6 Å². The molecule has 29 heavy (non-hydrogen) atoms. The molecule has 0 aliphatic rings. The van der Waals surface area contributed by atoms with Crippen LogP contribution in [0.3, 0.4) is 0 Å². The molecule has 0 radical (unpaired) electrons. The maximum Gasteiger partial charge on any atom is 0.363 e. The smallest absolute Gasteiger partial charge is 0.363 e. The highest BCUT2D eigenvalue weighted by Crippen LogP contribution is 2.17. The zero-order chi connectivity index (χ0) is 21.4. The third kappa shape index (κ3) is 6.29. The highest BCUT2D eigenvalue weighted by Gasteiger charge is 2.19. The molecule has 2 N–H and O–H groups in total. The Balaban J connectivity index is 2.03. The zero-order valence-corrected chi connectivity index (χ0v) is 16.5. The standard InChI is InChI=1S/C16H18N4O8S/c1-25-12-8-13(26-2)18-15(17-12)19-16(22)20-29(23,24)28-9-10-6-4-5-7-11(10)14(21)27-3/h4-8H,9H2,1-3H3,(H2,17,18,19,20,22). The van der Waals surface area contributed by atoms with Gasteiger partial charge < -0.3 is 14.2 Å². The van der Waals surface area contributed by atoms with Crippen molar-refractivity contribution in [3.05, 3.63) is 41.5 Å². The van der Waals surface area contributed by atoms with Gasteiger partial charge in [-0.25, -0.2) is 18.5 Å². The molecule has 0 atom stereocenters. The predicted molar refractivity (Wildman–Crippen MR) is 98.8 cm³/mol. The van der Waals surface area contributed by atoms with Crippen molar-refractivity contribution in [2.75, 3.05) is 26.6 Å². The van der Waals surface area contributed by atoms with E-state index in [-0.39, 0.29) is 28.8 Å². The van der Waals surface area contributed by atoms with Crippen LogP contribution in [0.4, 0.5) is 10.7 Å². The van der Waals surface area contributed by atoms with Crippen LogP contribution in [-0.2, 0) is 25.8 Å². The predicted octanol–water partition coefficient (Wildman–Crippen LogP) is 0.863. The van der Waals surface area contributed by atoms with Gasteiger partial charge in [-0.1, -0.05) is 18.2 Å². The number of hydrogen-bond acceptors (Lipinski definition) is 10. The van der Waals surface area contributed by atoms with Gasteiger partial charge >= 0.3 is 22.3 Å². The number of esters is 1. The van der Waals surface area contributed by atoms with Crippen LogP contribution in [0.25, 0.3) is 0 Å². The largest absolute Gasteiger partial charge is 0.481 e. The molecule has 0 unspecified atom stereocenters. The minimum Gasteiger partial charge on any atom is -0.481 e. The Morgan fingerprint density at radius 1 is 1.03 bits per heavy atom. The third-order valence-corrected chi connectivity index (χ3v) is 4.20. The molecule has 1 aromatic heterocycles. The lowest BCUT2D eigenvalue weighted by molar-refractivity contribution is 0.0597. The highest BCUT2D eigenvalue weighted by molar-refractivity contribution is 7.85. The first-order chi connectivity index (χ1) is 13.8. The Morgan fingerprint density at radius 2 is 1.66 bits per heavy atom. The van der Waals surface area contributed by atoms with E-state index < -0.39 is 28.9 Å². The fourth-order valence-electron chi connectivity index (χ4n) is 2.04. The lowest BCUT2D eigenvalue weighted by Gasteiger charge is -2.11. The molecule has 156 valence electrons. The van der Waals surface area contributed by atoms with Gasteiger partial charge in [0.2, 0.25) is 17.7 Å². The van der Waals surface area contributed by atoms with Gasteiger partial charge in [0.1, 0.15) is 0 Å². The molecule has 0 bridgehead atoms. The number of hydrogen-bond donors (Lipinski definition) is 2. The van der Waals surface area contributed by atoms with Crippen LogP contribution in [0, 0.1) is 0 Å². The molecule has 2 aromatic rings. The average molecular weight is 426 g/mol. The Bertz CT molecular complexity index is 974. The summed E-state index contributed by atoms with van der Waals surface area (Å²) < 4.78 is 44.9. The van der Waals surface area contributed by atoms with E-state index in [1.165, 1.54) is 39.5 Å². The lowest BCUT2D eigenvalue weighted by atomic mass is 10.1. The minimum absolute atomic E-state index is 0.0886. The molecule has 0 fully saturated rings. The second-order valence-corrected chi connectivity index (χ2v) is 6.55. The number of amides is 2. The van der Waals surface area contributed by atoms with E-state index in [1.807, 2.05) is 0 Å². The summed E-state index contributed by atoms with van der Waals surface area (Å²) in [7, 11) is -0.632. The van der Waals surface area contributed by atoms with Gasteiger partial charge in [-0.2, -0.15) is 18.4 Å². The summed E-state index contributed by atoms with van der Waals surface area (Å²) in [6, 6.07) is 6.29. The minimum atomic E-state index is -4.51. The number of methoxy groups -OCH3 is 3. The number of ether oxygens (including phenoxy) is 3. The van der Waals surface area contributed by atoms with E-state index >= 15 is 0 Å². The first kappa shape index (κ1) is 21.8. The van der Waals surface area contributed by atoms with Crippen molar-refractivity contribution in [2.45, 2.75) is 6.61 Å². The Labute approximate surface area is 166 Å². The summed E-state index contributed by atoms with van der Waals surface area (Å²) in [5, 5.41) is 2.12. The average Bonchev–Trinajstić information content (AvgIpc) is 2.71. The molecule has 1 heterocycles. The normalized spacial score (nSPS) is 10.7. The van der Waals surface area contributed by atoms with Crippen LogP contribution < -0.4 is 19.5 Å². The zero-order valence-electron chi connectivity index (χ0n) is 15.7. The van der Waals surface area contributed by atoms with Gasteiger partial charge in [-0.3, -0.25) is 5.32 Å². The number of nitrogens with zero attached hydrogens (tertiary/aromatic N) is 2. The number of rotatable bonds is 8. The van der Waals surface area contributed by atoms with Crippen molar-refractivity contribution >= 4 is 28.3 Å². The summed E-state index contributed by atoms with van der Waals surface area (Å²) in [5.41, 5.74) is 0.387. The second-order valence-electron chi connectivity index (χ2n) is 5.20. The summed E-state index contributed by atoms with van der Waals surface area (Å²) in [6.07, 6.45) is 0. The molecule has 2 amide bonds. The molecule has 0 saturated carbocycles. The van der Waals surface area contributed by atoms with Crippen LogP contribution in [0.2, 0.25) is 0 Å². The van der Waals surface area contributed by atoms with Gasteiger partial charge in [0.15, 0.2) is 0 Å². The Morgan fingerprint density at radius 3 is 2.24 bits per heavy atom. The number of aromatic nitrogens is 2. The first-order valence-corrected chi connectivity index (χ1v) is 9.30. The summed E-state index contributed by atoms with van der Waals surface area (Å²) in [4.78, 5) is 31.3. The van der Waals surface area contributed by atoms with Crippen molar-refractivity contribution in [1.82, 2.24) is 14.7 Å². The number of urea groups is 1. The molecule has 1 aromatic carbocycles. The fourth-order valence-corrected chi connectivity index (χ4v) is 2.65. The van der Waals surface area contributed by atoms with E-state index in [0.717, 1.165) is 0 Å². The topological polar surface area (TPSA) is 155 Å². The Kier molecular flexibility index (Phi) is 7.27. The Hall–Kier alpha value is -3.45. The fraction of sp³-hybridized carbons (Fsp3) is 0.250. The molecule has 13 heteroatoms. The van der Waals surface area contributed by atoms with Crippen LogP contribution in [0.15, 0.2) is 30.3 Å². The molecule has 12 nitrogen and oxygen atoms in total. The van der Waals surface area contributed by atoms with E-state index in [9.17, 15) is 18.0 Å². The quantitative estimate of drug-likeness (QED) is 0.581. The third-order valence-electron chi connectivity index (χ3n) is 3.33. The van der Waals surface area contributed by atoms with E-state index in [4.69, 9.17) is 13.7 Å². The summed E-state index contributed by atoms with van der Waals surface area (Å²) >= 11 is 0. The monoisotopic (exact) mass is 426 g/mol. The summed E-state index contributed by atoms with van der Waals surface area (Å²) in [6.45, 7) is -0.503. The molecule has 0 aliphatic heterocycles. The maximum absolute atomic E-state index is 12.0. The van der Waals surface area contributed by atoms with Crippen molar-refractivity contribution in [1.29, 1.82) is 0 Å². The molecule has 0 aliphatic carbocycles. The number of benzene rings is 1. The summed E-state index contributed by atoms with van der Waals surface area (Å²) in [5.74, 6) is -0.738. The van der Waals surface area contributed by atoms with E-state index in [0.29, 0.717) is 0 Å². The molecular weight excluding hydrogens is 408 g/mol. The van der Waals surface area contributed by atoms with Crippen LogP contribution >= 0.6 is 0 Å². The molecule has 2 rings (SSSR count). The van der Waals surface area contributed by atoms with E-state index in [2.05, 4.69) is 20.0 Å². The maximum atomic E-state index is 12.0. The van der Waals surface area contributed by atoms with Gasteiger partial charge in [0, 0.05) is 0 Å². The van der Waals surface area contributed by atoms with Crippen LogP contribution in [0.1, 0.15) is 15.9 Å². The number of nitrogens with one attached hydrogen (secondary N) is 2. The first-order valence-electron chi connectivity index (χ1n) is 7.89. The second kappa shape index (κ2) is 9.66. The molecular formula is C16H18N4O8S. The van der Waals surface area contributed by atoms with Crippen LogP contribution in [0.5, 0.6) is 11.8 Å². The number of anilines is 1. The van der Waals surface area contributed by atoms with Crippen LogP contribution in [-0.4, -0.2) is 51.7 Å². The van der Waals surface area contributed by atoms with Gasteiger partial charge in [0.05, 0.1) is 39.6 Å². The number of carbonyl (C=O) groups is 2. The molecule has 0 spiro atoms. The highest BCUT2D eigenvalue weighted by atomic mass is 32.2. The van der Waals surface area contributed by atoms with E-state index in [1.54, 1.807) is 16.9 Å². The van der Waals surface area contributed by atoms with Crippen molar-refractivity contribution < 1.29 is 36.4 Å². The lowest BCUT2D eigenvalue weighted by Crippen LogP contribution is -2.36. The van der Waals surface area contributed by atoms with Gasteiger partial charge in [0.25, 0.3) is 0 Å². The van der Waals surface area contributed by atoms with Crippen molar-refractivity contribution in [3.8, 4) is 11.8 Å². The van der Waals surface area contributed by atoms with Crippen molar-refractivity contribution in [3.63, 3.8) is 0 Å². The molecule has 0 saturated heterocycles. The number of carbonyl (C=O) groups excluding carboxylic acids is 2. The SMILES string of the molecule is COC(=O)c1ccccc1COS(=O)(=O)NC(=O)Nc1nc(OC)cc(OC)n1.